The molecular weight excluding hydrogens is 292 g/mol. The van der Waals surface area contributed by atoms with Crippen molar-refractivity contribution in [2.45, 2.75) is 45.1 Å². The van der Waals surface area contributed by atoms with Gasteiger partial charge in [-0.1, -0.05) is 13.3 Å². The first kappa shape index (κ1) is 17.3. The van der Waals surface area contributed by atoms with E-state index in [0.29, 0.717) is 18.7 Å². The van der Waals surface area contributed by atoms with Gasteiger partial charge in [-0.3, -0.25) is 9.59 Å². The number of hydrogen-bond acceptors (Lipinski definition) is 3. The van der Waals surface area contributed by atoms with Crippen LogP contribution in [0.3, 0.4) is 0 Å². The van der Waals surface area contributed by atoms with Gasteiger partial charge in [-0.15, -0.1) is 0 Å². The summed E-state index contributed by atoms with van der Waals surface area (Å²) < 4.78 is 5.61. The first-order valence-electron chi connectivity index (χ1n) is 8.42. The van der Waals surface area contributed by atoms with Crippen LogP contribution in [-0.4, -0.2) is 43.0 Å². The highest BCUT2D eigenvalue weighted by Gasteiger charge is 2.31. The molecule has 1 aliphatic rings. The predicted molar refractivity (Wildman–Crippen MR) is 89.6 cm³/mol. The van der Waals surface area contributed by atoms with Crippen molar-refractivity contribution in [3.8, 4) is 5.75 Å². The second kappa shape index (κ2) is 8.56. The van der Waals surface area contributed by atoms with Crippen LogP contribution in [0, 0.1) is 0 Å². The van der Waals surface area contributed by atoms with Crippen LogP contribution in [0.4, 0.5) is 0 Å². The van der Waals surface area contributed by atoms with E-state index in [4.69, 9.17) is 4.74 Å². The Balaban J connectivity index is 2.04. The topological polar surface area (TPSA) is 58.6 Å². The number of likely N-dealkylation sites (N-methyl/N-ethyl adjacent to an activating group) is 1. The molecule has 0 radical (unpaired) electrons. The molecule has 5 heteroatoms. The standard InChI is InChI=1S/C18H26N2O3/c1-3-4-13-23-15-10-8-14(9-11-15)18(22)20-12-6-5-7-16(20)17(21)19-2/h8-11,16H,3-7,12-13H2,1-2H3,(H,19,21). The lowest BCUT2D eigenvalue weighted by Crippen LogP contribution is -2.51. The summed E-state index contributed by atoms with van der Waals surface area (Å²) in [6.45, 7) is 3.44. The summed E-state index contributed by atoms with van der Waals surface area (Å²) in [4.78, 5) is 26.4. The number of ether oxygens (including phenoxy) is 1. The maximum Gasteiger partial charge on any atom is 0.254 e. The Morgan fingerprint density at radius 1 is 1.26 bits per heavy atom. The summed E-state index contributed by atoms with van der Waals surface area (Å²) in [5, 5.41) is 2.66. The van der Waals surface area contributed by atoms with Crippen LogP contribution in [0.2, 0.25) is 0 Å². The minimum atomic E-state index is -0.360. The molecule has 23 heavy (non-hydrogen) atoms. The quantitative estimate of drug-likeness (QED) is 0.820. The zero-order valence-corrected chi connectivity index (χ0v) is 14.0. The lowest BCUT2D eigenvalue weighted by atomic mass is 10.00. The number of nitrogens with zero attached hydrogens (tertiary/aromatic N) is 1. The number of amides is 2. The van der Waals surface area contributed by atoms with Gasteiger partial charge in [0.15, 0.2) is 0 Å². The van der Waals surface area contributed by atoms with Crippen LogP contribution in [0.25, 0.3) is 0 Å². The highest BCUT2D eigenvalue weighted by atomic mass is 16.5. The fourth-order valence-electron chi connectivity index (χ4n) is 2.81. The zero-order chi connectivity index (χ0) is 16.7. The Morgan fingerprint density at radius 3 is 2.65 bits per heavy atom. The fourth-order valence-corrected chi connectivity index (χ4v) is 2.81. The first-order valence-corrected chi connectivity index (χ1v) is 8.42. The molecule has 0 bridgehead atoms. The zero-order valence-electron chi connectivity index (χ0n) is 14.0. The van der Waals surface area contributed by atoms with E-state index in [2.05, 4.69) is 12.2 Å². The largest absolute Gasteiger partial charge is 0.494 e. The molecule has 1 aromatic rings. The van der Waals surface area contributed by atoms with Gasteiger partial charge in [0.05, 0.1) is 6.61 Å². The van der Waals surface area contributed by atoms with Crippen molar-refractivity contribution >= 4 is 11.8 Å². The summed E-state index contributed by atoms with van der Waals surface area (Å²) in [6, 6.07) is 6.84. The summed E-state index contributed by atoms with van der Waals surface area (Å²) in [5.74, 6) is 0.604. The fraction of sp³-hybridized carbons (Fsp3) is 0.556. The predicted octanol–water partition coefficient (Wildman–Crippen LogP) is 2.61. The van der Waals surface area contributed by atoms with Crippen LogP contribution >= 0.6 is 0 Å². The van der Waals surface area contributed by atoms with Crippen LogP contribution in [-0.2, 0) is 4.79 Å². The number of nitrogens with one attached hydrogen (secondary N) is 1. The molecule has 1 saturated heterocycles. The third-order valence-electron chi connectivity index (χ3n) is 4.18. The molecule has 126 valence electrons. The van der Waals surface area contributed by atoms with Crippen molar-refractivity contribution in [3.05, 3.63) is 29.8 Å². The van der Waals surface area contributed by atoms with Gasteiger partial charge >= 0.3 is 0 Å². The molecule has 0 saturated carbocycles. The van der Waals surface area contributed by atoms with Crippen LogP contribution in [0.1, 0.15) is 49.4 Å². The van der Waals surface area contributed by atoms with Crippen LogP contribution in [0.5, 0.6) is 5.75 Å². The summed E-state index contributed by atoms with van der Waals surface area (Å²) in [5.41, 5.74) is 0.601. The monoisotopic (exact) mass is 318 g/mol. The maximum atomic E-state index is 12.7. The Kier molecular flexibility index (Phi) is 6.44. The Morgan fingerprint density at radius 2 is 2.00 bits per heavy atom. The smallest absolute Gasteiger partial charge is 0.254 e. The molecule has 1 aliphatic heterocycles. The molecule has 1 unspecified atom stereocenters. The van der Waals surface area contributed by atoms with Gasteiger partial charge in [0, 0.05) is 19.2 Å². The van der Waals surface area contributed by atoms with Gasteiger partial charge in [0.25, 0.3) is 5.91 Å². The molecule has 1 N–H and O–H groups in total. The lowest BCUT2D eigenvalue weighted by molar-refractivity contribution is -0.126. The highest BCUT2D eigenvalue weighted by molar-refractivity contribution is 5.97. The van der Waals surface area contributed by atoms with Gasteiger partial charge in [-0.05, 0) is 49.9 Å². The molecule has 1 atom stereocenters. The van der Waals surface area contributed by atoms with Gasteiger partial charge in [-0.25, -0.2) is 0 Å². The van der Waals surface area contributed by atoms with E-state index in [-0.39, 0.29) is 17.9 Å². The van der Waals surface area contributed by atoms with Crippen molar-refractivity contribution < 1.29 is 14.3 Å². The van der Waals surface area contributed by atoms with Gasteiger partial charge < -0.3 is 15.0 Å². The molecule has 0 aliphatic carbocycles. The molecular formula is C18H26N2O3. The van der Waals surface area contributed by atoms with E-state index in [1.165, 1.54) is 0 Å². The number of hydrogen-bond donors (Lipinski definition) is 1. The second-order valence-electron chi connectivity index (χ2n) is 5.85. The van der Waals surface area contributed by atoms with E-state index < -0.39 is 0 Å². The van der Waals surface area contributed by atoms with Gasteiger partial charge in [-0.2, -0.15) is 0 Å². The van der Waals surface area contributed by atoms with E-state index in [1.54, 1.807) is 24.1 Å². The third-order valence-corrected chi connectivity index (χ3v) is 4.18. The SMILES string of the molecule is CCCCOc1ccc(C(=O)N2CCCCC2C(=O)NC)cc1. The number of unbranched alkanes of at least 4 members (excludes halogenated alkanes) is 1. The Bertz CT molecular complexity index is 528. The van der Waals surface area contributed by atoms with Crippen molar-refractivity contribution in [2.75, 3.05) is 20.2 Å². The van der Waals surface area contributed by atoms with E-state index in [0.717, 1.165) is 37.9 Å². The summed E-state index contributed by atoms with van der Waals surface area (Å²) in [7, 11) is 1.61. The number of piperidine rings is 1. The van der Waals surface area contributed by atoms with Crippen LogP contribution in [0.15, 0.2) is 24.3 Å². The molecule has 0 spiro atoms. The number of carbonyl (C=O) groups is 2. The Hall–Kier alpha value is -2.04. The third kappa shape index (κ3) is 4.47. The average molecular weight is 318 g/mol. The van der Waals surface area contributed by atoms with Crippen molar-refractivity contribution in [3.63, 3.8) is 0 Å². The molecule has 1 aromatic carbocycles. The van der Waals surface area contributed by atoms with E-state index >= 15 is 0 Å². The second-order valence-corrected chi connectivity index (χ2v) is 5.85. The lowest BCUT2D eigenvalue weighted by Gasteiger charge is -2.34. The van der Waals surface area contributed by atoms with Crippen molar-refractivity contribution in [2.24, 2.45) is 0 Å². The van der Waals surface area contributed by atoms with Crippen LogP contribution < -0.4 is 10.1 Å². The molecule has 2 amide bonds. The normalized spacial score (nSPS) is 17.7. The highest BCUT2D eigenvalue weighted by Crippen LogP contribution is 2.21. The minimum absolute atomic E-state index is 0.0848. The average Bonchev–Trinajstić information content (AvgIpc) is 2.61. The molecule has 0 aromatic heterocycles. The van der Waals surface area contributed by atoms with Gasteiger partial charge in [0.1, 0.15) is 11.8 Å². The number of likely N-dealkylation sites (tertiary alicyclic amines) is 1. The molecule has 1 fully saturated rings. The summed E-state index contributed by atoms with van der Waals surface area (Å²) >= 11 is 0. The van der Waals surface area contributed by atoms with Gasteiger partial charge in [0.2, 0.25) is 5.91 Å². The molecule has 5 nitrogen and oxygen atoms in total. The molecule has 2 rings (SSSR count). The summed E-state index contributed by atoms with van der Waals surface area (Å²) in [6.07, 6.45) is 4.75. The Labute approximate surface area is 138 Å². The molecule has 1 heterocycles. The minimum Gasteiger partial charge on any atom is -0.494 e. The van der Waals surface area contributed by atoms with E-state index in [1.807, 2.05) is 12.1 Å². The number of carbonyl (C=O) groups excluding carboxylic acids is 2. The maximum absolute atomic E-state index is 12.7. The van der Waals surface area contributed by atoms with Crippen molar-refractivity contribution in [1.82, 2.24) is 10.2 Å². The van der Waals surface area contributed by atoms with E-state index in [9.17, 15) is 9.59 Å². The number of benzene rings is 1. The first-order chi connectivity index (χ1) is 11.2. The number of rotatable bonds is 6. The van der Waals surface area contributed by atoms with Crippen molar-refractivity contribution in [1.29, 1.82) is 0 Å².